The van der Waals surface area contributed by atoms with Gasteiger partial charge in [0, 0.05) is 63.2 Å². The first kappa shape index (κ1) is 14.2. The third-order valence-corrected chi connectivity index (χ3v) is 4.89. The molecule has 1 amide bonds. The van der Waals surface area contributed by atoms with Crippen molar-refractivity contribution in [1.82, 2.24) is 19.4 Å². The second-order valence-corrected chi connectivity index (χ2v) is 6.27. The first-order chi connectivity index (χ1) is 11.3. The van der Waals surface area contributed by atoms with Crippen molar-refractivity contribution in [3.05, 3.63) is 42.6 Å². The number of carbonyl (C=O) groups excluding carboxylic acids is 1. The van der Waals surface area contributed by atoms with E-state index in [4.69, 9.17) is 0 Å². The number of rotatable bonds is 2. The lowest BCUT2D eigenvalue weighted by Gasteiger charge is -2.37. The molecule has 0 aromatic carbocycles. The Hall–Kier alpha value is -2.37. The second kappa shape index (κ2) is 6.02. The summed E-state index contributed by atoms with van der Waals surface area (Å²) < 4.78 is 2.16. The summed E-state index contributed by atoms with van der Waals surface area (Å²) in [4.78, 5) is 25.6. The van der Waals surface area contributed by atoms with Gasteiger partial charge in [-0.3, -0.25) is 4.79 Å². The van der Waals surface area contributed by atoms with Gasteiger partial charge in [-0.2, -0.15) is 0 Å². The fourth-order valence-corrected chi connectivity index (χ4v) is 3.53. The van der Waals surface area contributed by atoms with Crippen molar-refractivity contribution in [1.29, 1.82) is 0 Å². The smallest absolute Gasteiger partial charge is 0.226 e. The zero-order valence-corrected chi connectivity index (χ0v) is 13.1. The molecule has 4 heterocycles. The Morgan fingerprint density at radius 1 is 1.13 bits per heavy atom. The molecule has 0 bridgehead atoms. The summed E-state index contributed by atoms with van der Waals surface area (Å²) in [5, 5.41) is 0. The van der Waals surface area contributed by atoms with Crippen molar-refractivity contribution in [2.24, 2.45) is 5.92 Å². The molecule has 0 radical (unpaired) electrons. The van der Waals surface area contributed by atoms with E-state index in [0.29, 0.717) is 5.91 Å². The third-order valence-electron chi connectivity index (χ3n) is 4.89. The van der Waals surface area contributed by atoms with E-state index < -0.39 is 0 Å². The number of pyridine rings is 1. The first-order valence-electron chi connectivity index (χ1n) is 8.25. The lowest BCUT2D eigenvalue weighted by molar-refractivity contribution is -0.136. The standard InChI is InChI=1S/C17H21N5O/c23-17(14-4-6-22-13-18-12-15(22)11-14)21-9-7-20(8-10-21)16-3-1-2-5-19-16/h1-3,5,12-14H,4,6-11H2. The maximum atomic E-state index is 12.8. The van der Waals surface area contributed by atoms with Crippen LogP contribution >= 0.6 is 0 Å². The van der Waals surface area contributed by atoms with Crippen LogP contribution in [0.5, 0.6) is 0 Å². The van der Waals surface area contributed by atoms with Gasteiger partial charge in [0.25, 0.3) is 0 Å². The number of hydrogen-bond donors (Lipinski definition) is 0. The van der Waals surface area contributed by atoms with Gasteiger partial charge in [0.1, 0.15) is 5.82 Å². The van der Waals surface area contributed by atoms with Gasteiger partial charge in [0.05, 0.1) is 6.33 Å². The van der Waals surface area contributed by atoms with Gasteiger partial charge in [-0.25, -0.2) is 9.97 Å². The maximum Gasteiger partial charge on any atom is 0.226 e. The van der Waals surface area contributed by atoms with Gasteiger partial charge in [-0.15, -0.1) is 0 Å². The number of anilines is 1. The predicted molar refractivity (Wildman–Crippen MR) is 87.1 cm³/mol. The summed E-state index contributed by atoms with van der Waals surface area (Å²) in [6, 6.07) is 5.96. The van der Waals surface area contributed by atoms with E-state index in [2.05, 4.69) is 19.4 Å². The lowest BCUT2D eigenvalue weighted by Crippen LogP contribution is -2.51. The third kappa shape index (κ3) is 2.81. The summed E-state index contributed by atoms with van der Waals surface area (Å²) in [6.45, 7) is 4.18. The molecule has 1 fully saturated rings. The van der Waals surface area contributed by atoms with E-state index in [0.717, 1.165) is 51.4 Å². The molecule has 0 N–H and O–H groups in total. The van der Waals surface area contributed by atoms with Gasteiger partial charge in [-0.1, -0.05) is 6.07 Å². The topological polar surface area (TPSA) is 54.3 Å². The van der Waals surface area contributed by atoms with Crippen molar-refractivity contribution in [2.75, 3.05) is 31.1 Å². The minimum Gasteiger partial charge on any atom is -0.353 e. The fraction of sp³-hybridized carbons (Fsp3) is 0.471. The molecule has 4 rings (SSSR count). The molecule has 0 aliphatic carbocycles. The molecule has 1 unspecified atom stereocenters. The number of hydrogen-bond acceptors (Lipinski definition) is 4. The number of aryl methyl sites for hydroxylation is 1. The Labute approximate surface area is 135 Å². The van der Waals surface area contributed by atoms with E-state index in [1.165, 1.54) is 5.69 Å². The van der Waals surface area contributed by atoms with Crippen molar-refractivity contribution >= 4 is 11.7 Å². The van der Waals surface area contributed by atoms with Crippen LogP contribution in [0.15, 0.2) is 36.9 Å². The second-order valence-electron chi connectivity index (χ2n) is 6.27. The number of amides is 1. The molecule has 1 atom stereocenters. The molecule has 6 heteroatoms. The summed E-state index contributed by atoms with van der Waals surface area (Å²) in [6.07, 6.45) is 7.31. The van der Waals surface area contributed by atoms with Gasteiger partial charge in [0.15, 0.2) is 0 Å². The van der Waals surface area contributed by atoms with E-state index in [-0.39, 0.29) is 5.92 Å². The summed E-state index contributed by atoms with van der Waals surface area (Å²) in [5.74, 6) is 1.42. The zero-order chi connectivity index (χ0) is 15.6. The van der Waals surface area contributed by atoms with Crippen LogP contribution in [-0.4, -0.2) is 51.5 Å². The quantitative estimate of drug-likeness (QED) is 0.836. The highest BCUT2D eigenvalue weighted by molar-refractivity contribution is 5.79. The largest absolute Gasteiger partial charge is 0.353 e. The van der Waals surface area contributed by atoms with Crippen molar-refractivity contribution in [2.45, 2.75) is 19.4 Å². The molecular formula is C17H21N5O. The molecule has 2 aliphatic rings. The van der Waals surface area contributed by atoms with Gasteiger partial charge in [-0.05, 0) is 18.6 Å². The molecular weight excluding hydrogens is 290 g/mol. The van der Waals surface area contributed by atoms with E-state index in [1.807, 2.05) is 41.8 Å². The number of fused-ring (bicyclic) bond motifs is 1. The van der Waals surface area contributed by atoms with Crippen molar-refractivity contribution < 1.29 is 4.79 Å². The van der Waals surface area contributed by atoms with Crippen LogP contribution in [-0.2, 0) is 17.8 Å². The highest BCUT2D eigenvalue weighted by Gasteiger charge is 2.30. The molecule has 0 saturated carbocycles. The number of piperazine rings is 1. The molecule has 2 aromatic heterocycles. The Bertz CT molecular complexity index is 675. The normalized spacial score (nSPS) is 21.1. The lowest BCUT2D eigenvalue weighted by atomic mass is 9.94. The van der Waals surface area contributed by atoms with Gasteiger partial charge >= 0.3 is 0 Å². The molecule has 120 valence electrons. The van der Waals surface area contributed by atoms with Crippen LogP contribution < -0.4 is 4.90 Å². The number of imidazole rings is 1. The average Bonchev–Trinajstić information content (AvgIpc) is 3.10. The number of carbonyl (C=O) groups is 1. The Morgan fingerprint density at radius 2 is 2.00 bits per heavy atom. The Kier molecular flexibility index (Phi) is 3.73. The van der Waals surface area contributed by atoms with Gasteiger partial charge in [0.2, 0.25) is 5.91 Å². The van der Waals surface area contributed by atoms with Crippen LogP contribution in [0.3, 0.4) is 0 Å². The van der Waals surface area contributed by atoms with Gasteiger partial charge < -0.3 is 14.4 Å². The summed E-state index contributed by atoms with van der Waals surface area (Å²) in [7, 11) is 0. The monoisotopic (exact) mass is 311 g/mol. The van der Waals surface area contributed by atoms with Crippen LogP contribution in [0.4, 0.5) is 5.82 Å². The molecule has 1 saturated heterocycles. The Morgan fingerprint density at radius 3 is 2.78 bits per heavy atom. The molecule has 0 spiro atoms. The highest BCUT2D eigenvalue weighted by atomic mass is 16.2. The van der Waals surface area contributed by atoms with Crippen LogP contribution in [0.1, 0.15) is 12.1 Å². The Balaban J connectivity index is 1.36. The van der Waals surface area contributed by atoms with E-state index in [9.17, 15) is 4.79 Å². The van der Waals surface area contributed by atoms with Crippen molar-refractivity contribution in [3.8, 4) is 0 Å². The minimum atomic E-state index is 0.112. The summed E-state index contributed by atoms with van der Waals surface area (Å²) >= 11 is 0. The van der Waals surface area contributed by atoms with Crippen LogP contribution in [0.2, 0.25) is 0 Å². The first-order valence-corrected chi connectivity index (χ1v) is 8.25. The highest BCUT2D eigenvalue weighted by Crippen LogP contribution is 2.23. The molecule has 2 aromatic rings. The van der Waals surface area contributed by atoms with Crippen molar-refractivity contribution in [3.63, 3.8) is 0 Å². The minimum absolute atomic E-state index is 0.112. The SMILES string of the molecule is O=C(C1CCn2cncc2C1)N1CCN(c2ccccn2)CC1. The number of aromatic nitrogens is 3. The molecule has 2 aliphatic heterocycles. The van der Waals surface area contributed by atoms with Crippen LogP contribution in [0.25, 0.3) is 0 Å². The van der Waals surface area contributed by atoms with Crippen LogP contribution in [0, 0.1) is 5.92 Å². The maximum absolute atomic E-state index is 12.8. The fourth-order valence-electron chi connectivity index (χ4n) is 3.53. The van der Waals surface area contributed by atoms with E-state index in [1.54, 1.807) is 0 Å². The molecule has 23 heavy (non-hydrogen) atoms. The average molecular weight is 311 g/mol. The molecule has 6 nitrogen and oxygen atoms in total. The van der Waals surface area contributed by atoms with E-state index >= 15 is 0 Å². The zero-order valence-electron chi connectivity index (χ0n) is 13.1. The summed E-state index contributed by atoms with van der Waals surface area (Å²) in [5.41, 5.74) is 1.18. The number of nitrogens with zero attached hydrogens (tertiary/aromatic N) is 5. The predicted octanol–water partition coefficient (Wildman–Crippen LogP) is 1.19.